The van der Waals surface area contributed by atoms with E-state index in [0.29, 0.717) is 0 Å². The summed E-state index contributed by atoms with van der Waals surface area (Å²) in [5, 5.41) is 8.78. The zero-order chi connectivity index (χ0) is 6.57. The van der Waals surface area contributed by atoms with Crippen LogP contribution in [-0.4, -0.2) is 17.5 Å². The van der Waals surface area contributed by atoms with Gasteiger partial charge in [0.25, 0.3) is 0 Å². The molecule has 2 unspecified atom stereocenters. The number of rotatable bonds is 3. The molecule has 48 valence electrons. The fourth-order valence-electron chi connectivity index (χ4n) is 0.551. The van der Waals surface area contributed by atoms with Crippen LogP contribution in [-0.2, 0) is 4.79 Å². The van der Waals surface area contributed by atoms with Gasteiger partial charge in [0, 0.05) is 5.92 Å². The number of carbonyl (C=O) groups excluding carboxylic acids is 1. The predicted molar refractivity (Wildman–Crippen MR) is 31.5 cm³/mol. The van der Waals surface area contributed by atoms with E-state index < -0.39 is 6.10 Å². The van der Waals surface area contributed by atoms with E-state index in [1.165, 1.54) is 0 Å². The zero-order valence-electron chi connectivity index (χ0n) is 5.29. The first-order valence-corrected chi connectivity index (χ1v) is 2.85. The Bertz CT molecular complexity index is 68.9. The van der Waals surface area contributed by atoms with E-state index in [1.54, 1.807) is 6.92 Å². The van der Waals surface area contributed by atoms with Crippen molar-refractivity contribution in [2.24, 2.45) is 5.92 Å². The molecule has 0 saturated carbocycles. The Balaban J connectivity index is 3.51. The molecule has 0 heterocycles. The van der Waals surface area contributed by atoms with Gasteiger partial charge in [-0.05, 0) is 13.3 Å². The topological polar surface area (TPSA) is 37.3 Å². The summed E-state index contributed by atoms with van der Waals surface area (Å²) < 4.78 is 0. The number of hydrogen-bond donors (Lipinski definition) is 1. The maximum atomic E-state index is 10.0. The van der Waals surface area contributed by atoms with Gasteiger partial charge in [-0.1, -0.05) is 6.92 Å². The van der Waals surface area contributed by atoms with Crippen LogP contribution in [0.25, 0.3) is 0 Å². The molecule has 2 atom stereocenters. The van der Waals surface area contributed by atoms with Gasteiger partial charge in [-0.2, -0.15) is 0 Å². The molecule has 2 heteroatoms. The Morgan fingerprint density at radius 3 is 2.25 bits per heavy atom. The normalized spacial score (nSPS) is 17.4. The van der Waals surface area contributed by atoms with Crippen molar-refractivity contribution in [1.29, 1.82) is 0 Å². The fourth-order valence-corrected chi connectivity index (χ4v) is 0.551. The van der Waals surface area contributed by atoms with Gasteiger partial charge in [0.05, 0.1) is 6.10 Å². The van der Waals surface area contributed by atoms with E-state index in [1.807, 2.05) is 6.92 Å². The summed E-state index contributed by atoms with van der Waals surface area (Å²) in [5.74, 6) is -0.171. The lowest BCUT2D eigenvalue weighted by molar-refractivity contribution is -0.113. The third-order valence-corrected chi connectivity index (χ3v) is 1.27. The first-order chi connectivity index (χ1) is 3.72. The summed E-state index contributed by atoms with van der Waals surface area (Å²) in [5.41, 5.74) is 0. The summed E-state index contributed by atoms with van der Waals surface area (Å²) in [7, 11) is 0. The molecule has 0 spiro atoms. The lowest BCUT2D eigenvalue weighted by Crippen LogP contribution is -2.16. The highest BCUT2D eigenvalue weighted by Crippen LogP contribution is 2.02. The highest BCUT2D eigenvalue weighted by atomic mass is 16.3. The van der Waals surface area contributed by atoms with Gasteiger partial charge in [-0.15, -0.1) is 0 Å². The zero-order valence-corrected chi connectivity index (χ0v) is 5.29. The molecular formula is C6H12O2. The molecule has 0 aliphatic heterocycles. The molecule has 2 nitrogen and oxygen atoms in total. The van der Waals surface area contributed by atoms with Crippen LogP contribution in [0.2, 0.25) is 0 Å². The SMILES string of the molecule is CCC(C=O)C(C)O. The van der Waals surface area contributed by atoms with Crippen LogP contribution in [0.3, 0.4) is 0 Å². The van der Waals surface area contributed by atoms with Crippen molar-refractivity contribution in [2.45, 2.75) is 26.4 Å². The number of aldehydes is 1. The van der Waals surface area contributed by atoms with Crippen molar-refractivity contribution in [2.75, 3.05) is 0 Å². The molecule has 0 saturated heterocycles. The standard InChI is InChI=1S/C6H12O2/c1-3-6(4-7)5(2)8/h4-6,8H,3H2,1-2H3. The molecule has 0 rings (SSSR count). The van der Waals surface area contributed by atoms with Crippen molar-refractivity contribution in [1.82, 2.24) is 0 Å². The summed E-state index contributed by atoms with van der Waals surface area (Å²) >= 11 is 0. The van der Waals surface area contributed by atoms with Gasteiger partial charge in [0.1, 0.15) is 6.29 Å². The summed E-state index contributed by atoms with van der Waals surface area (Å²) in [6.45, 7) is 3.51. The number of hydrogen-bond acceptors (Lipinski definition) is 2. The minimum Gasteiger partial charge on any atom is -0.393 e. The van der Waals surface area contributed by atoms with E-state index in [2.05, 4.69) is 0 Å². The van der Waals surface area contributed by atoms with Crippen molar-refractivity contribution >= 4 is 6.29 Å². The average molecular weight is 116 g/mol. The lowest BCUT2D eigenvalue weighted by atomic mass is 10.0. The van der Waals surface area contributed by atoms with Crippen LogP contribution in [0.5, 0.6) is 0 Å². The van der Waals surface area contributed by atoms with Gasteiger partial charge in [-0.3, -0.25) is 0 Å². The molecular weight excluding hydrogens is 104 g/mol. The largest absolute Gasteiger partial charge is 0.393 e. The van der Waals surface area contributed by atoms with Crippen molar-refractivity contribution in [3.8, 4) is 0 Å². The van der Waals surface area contributed by atoms with E-state index in [9.17, 15) is 4.79 Å². The molecule has 0 aliphatic rings. The molecule has 0 radical (unpaired) electrons. The predicted octanol–water partition coefficient (Wildman–Crippen LogP) is 0.592. The third kappa shape index (κ3) is 2.07. The highest BCUT2D eigenvalue weighted by Gasteiger charge is 2.09. The Hall–Kier alpha value is -0.370. The molecule has 0 aliphatic carbocycles. The summed E-state index contributed by atoms with van der Waals surface area (Å²) in [6.07, 6.45) is 1.03. The molecule has 8 heavy (non-hydrogen) atoms. The lowest BCUT2D eigenvalue weighted by Gasteiger charge is -2.08. The van der Waals surface area contributed by atoms with Gasteiger partial charge < -0.3 is 9.90 Å². The Labute approximate surface area is 49.5 Å². The molecule has 1 N–H and O–H groups in total. The van der Waals surface area contributed by atoms with Crippen LogP contribution in [0.15, 0.2) is 0 Å². The summed E-state index contributed by atoms with van der Waals surface area (Å²) in [4.78, 5) is 10.0. The van der Waals surface area contributed by atoms with Gasteiger partial charge in [0.15, 0.2) is 0 Å². The van der Waals surface area contributed by atoms with E-state index >= 15 is 0 Å². The maximum Gasteiger partial charge on any atom is 0.125 e. The molecule has 0 bridgehead atoms. The molecule has 0 amide bonds. The second-order valence-corrected chi connectivity index (χ2v) is 1.95. The van der Waals surface area contributed by atoms with E-state index in [0.717, 1.165) is 12.7 Å². The Morgan fingerprint density at radius 1 is 1.75 bits per heavy atom. The summed E-state index contributed by atoms with van der Waals surface area (Å²) in [6, 6.07) is 0. The van der Waals surface area contributed by atoms with Crippen molar-refractivity contribution < 1.29 is 9.90 Å². The highest BCUT2D eigenvalue weighted by molar-refractivity contribution is 5.54. The fraction of sp³-hybridized carbons (Fsp3) is 0.833. The Morgan fingerprint density at radius 2 is 2.25 bits per heavy atom. The second-order valence-electron chi connectivity index (χ2n) is 1.95. The van der Waals surface area contributed by atoms with Crippen LogP contribution in [0.4, 0.5) is 0 Å². The van der Waals surface area contributed by atoms with Crippen LogP contribution >= 0.6 is 0 Å². The second kappa shape index (κ2) is 3.61. The maximum absolute atomic E-state index is 10.0. The monoisotopic (exact) mass is 116 g/mol. The number of aliphatic hydroxyl groups is 1. The van der Waals surface area contributed by atoms with Crippen LogP contribution in [0, 0.1) is 5.92 Å². The van der Waals surface area contributed by atoms with Gasteiger partial charge >= 0.3 is 0 Å². The van der Waals surface area contributed by atoms with Crippen LogP contribution < -0.4 is 0 Å². The van der Waals surface area contributed by atoms with Crippen molar-refractivity contribution in [3.63, 3.8) is 0 Å². The average Bonchev–Trinajstić information content (AvgIpc) is 1.69. The molecule has 0 fully saturated rings. The molecule has 0 aromatic rings. The minimum absolute atomic E-state index is 0.171. The quantitative estimate of drug-likeness (QED) is 0.548. The van der Waals surface area contributed by atoms with Gasteiger partial charge in [0.2, 0.25) is 0 Å². The minimum atomic E-state index is -0.488. The van der Waals surface area contributed by atoms with E-state index in [4.69, 9.17) is 5.11 Å². The van der Waals surface area contributed by atoms with Crippen LogP contribution in [0.1, 0.15) is 20.3 Å². The molecule has 0 aromatic heterocycles. The Kier molecular flexibility index (Phi) is 3.44. The van der Waals surface area contributed by atoms with Gasteiger partial charge in [-0.25, -0.2) is 0 Å². The smallest absolute Gasteiger partial charge is 0.125 e. The van der Waals surface area contributed by atoms with Crippen molar-refractivity contribution in [3.05, 3.63) is 0 Å². The van der Waals surface area contributed by atoms with E-state index in [-0.39, 0.29) is 5.92 Å². The number of aliphatic hydroxyl groups excluding tert-OH is 1. The first-order valence-electron chi connectivity index (χ1n) is 2.85. The third-order valence-electron chi connectivity index (χ3n) is 1.27. The number of carbonyl (C=O) groups is 1. The first kappa shape index (κ1) is 7.63. The molecule has 0 aromatic carbocycles.